The predicted octanol–water partition coefficient (Wildman–Crippen LogP) is 2.35. The fourth-order valence-corrected chi connectivity index (χ4v) is 5.49. The van der Waals surface area contributed by atoms with Gasteiger partial charge in [-0.25, -0.2) is 0 Å². The summed E-state index contributed by atoms with van der Waals surface area (Å²) in [5.41, 5.74) is 6.76. The van der Waals surface area contributed by atoms with Crippen LogP contribution in [0.2, 0.25) is 0 Å². The molecule has 19 heavy (non-hydrogen) atoms. The smallest absolute Gasteiger partial charge is 0.0599 e. The average molecular weight is 286 g/mol. The van der Waals surface area contributed by atoms with Crippen molar-refractivity contribution in [1.29, 1.82) is 0 Å². The van der Waals surface area contributed by atoms with E-state index >= 15 is 0 Å². The van der Waals surface area contributed by atoms with E-state index in [1.807, 2.05) is 0 Å². The molecule has 112 valence electrons. The summed E-state index contributed by atoms with van der Waals surface area (Å²) in [6, 6.07) is 0. The first-order valence-electron chi connectivity index (χ1n) is 7.70. The van der Waals surface area contributed by atoms with E-state index < -0.39 is 0 Å². The van der Waals surface area contributed by atoms with Gasteiger partial charge in [-0.2, -0.15) is 11.8 Å². The first kappa shape index (κ1) is 15.6. The number of nitrogens with zero attached hydrogens (tertiary/aromatic N) is 1. The van der Waals surface area contributed by atoms with Gasteiger partial charge in [0.2, 0.25) is 0 Å². The standard InChI is InChI=1S/C15H30N2OS/c1-4-18-13-5-8-17(9-6-13)15(11-16)12-19-10-7-14(15,2)3/h13H,4-12,16H2,1-3H3. The van der Waals surface area contributed by atoms with Gasteiger partial charge in [0.15, 0.2) is 0 Å². The minimum Gasteiger partial charge on any atom is -0.378 e. The molecule has 1 atom stereocenters. The minimum atomic E-state index is 0.188. The highest BCUT2D eigenvalue weighted by Gasteiger charge is 2.50. The van der Waals surface area contributed by atoms with Crippen LogP contribution >= 0.6 is 11.8 Å². The fraction of sp³-hybridized carbons (Fsp3) is 1.00. The maximum absolute atomic E-state index is 6.25. The lowest BCUT2D eigenvalue weighted by Gasteiger charge is -2.57. The molecule has 2 rings (SSSR count). The third-order valence-electron chi connectivity index (χ3n) is 5.26. The maximum Gasteiger partial charge on any atom is 0.0599 e. The summed E-state index contributed by atoms with van der Waals surface area (Å²) in [5, 5.41) is 0. The molecule has 2 heterocycles. The number of hydrogen-bond donors (Lipinski definition) is 1. The van der Waals surface area contributed by atoms with E-state index in [2.05, 4.69) is 37.4 Å². The van der Waals surface area contributed by atoms with Gasteiger partial charge in [-0.05, 0) is 37.4 Å². The van der Waals surface area contributed by atoms with Gasteiger partial charge in [0.05, 0.1) is 6.10 Å². The van der Waals surface area contributed by atoms with E-state index in [0.717, 1.165) is 39.1 Å². The van der Waals surface area contributed by atoms with Crippen molar-refractivity contribution in [2.24, 2.45) is 11.1 Å². The molecule has 0 aromatic carbocycles. The summed E-state index contributed by atoms with van der Waals surface area (Å²) in [4.78, 5) is 2.68. The predicted molar refractivity (Wildman–Crippen MR) is 83.7 cm³/mol. The second kappa shape index (κ2) is 6.33. The summed E-state index contributed by atoms with van der Waals surface area (Å²) in [6.07, 6.45) is 4.07. The molecule has 0 saturated carbocycles. The molecule has 1 unspecified atom stereocenters. The zero-order chi connectivity index (χ0) is 13.9. The number of likely N-dealkylation sites (tertiary alicyclic amines) is 1. The van der Waals surface area contributed by atoms with Gasteiger partial charge < -0.3 is 10.5 Å². The third kappa shape index (κ3) is 2.97. The molecular weight excluding hydrogens is 256 g/mol. The summed E-state index contributed by atoms with van der Waals surface area (Å²) >= 11 is 2.08. The molecule has 2 aliphatic heterocycles. The first-order chi connectivity index (χ1) is 9.05. The Kier molecular flexibility index (Phi) is 5.21. The Labute approximate surface area is 122 Å². The number of nitrogens with two attached hydrogens (primary N) is 1. The van der Waals surface area contributed by atoms with Gasteiger partial charge in [-0.1, -0.05) is 13.8 Å². The Morgan fingerprint density at radius 2 is 2.00 bits per heavy atom. The second-order valence-electron chi connectivity index (χ2n) is 6.56. The minimum absolute atomic E-state index is 0.188. The molecule has 2 fully saturated rings. The quantitative estimate of drug-likeness (QED) is 0.861. The molecule has 0 spiro atoms. The van der Waals surface area contributed by atoms with Crippen LogP contribution in [0.3, 0.4) is 0 Å². The van der Waals surface area contributed by atoms with Crippen molar-refractivity contribution in [3.05, 3.63) is 0 Å². The van der Waals surface area contributed by atoms with Gasteiger partial charge in [0.25, 0.3) is 0 Å². The van der Waals surface area contributed by atoms with E-state index in [9.17, 15) is 0 Å². The molecule has 0 amide bonds. The molecule has 3 nitrogen and oxygen atoms in total. The van der Waals surface area contributed by atoms with Crippen LogP contribution in [0.4, 0.5) is 0 Å². The molecule has 4 heteroatoms. The zero-order valence-electron chi connectivity index (χ0n) is 12.8. The van der Waals surface area contributed by atoms with Crippen molar-refractivity contribution in [2.75, 3.05) is 37.7 Å². The maximum atomic E-state index is 6.25. The first-order valence-corrected chi connectivity index (χ1v) is 8.86. The van der Waals surface area contributed by atoms with Gasteiger partial charge >= 0.3 is 0 Å². The van der Waals surface area contributed by atoms with Crippen molar-refractivity contribution in [2.45, 2.75) is 51.7 Å². The van der Waals surface area contributed by atoms with Crippen LogP contribution in [-0.4, -0.2) is 54.3 Å². The van der Waals surface area contributed by atoms with Crippen molar-refractivity contribution in [1.82, 2.24) is 4.90 Å². The van der Waals surface area contributed by atoms with E-state index in [1.165, 1.54) is 17.9 Å². The van der Waals surface area contributed by atoms with Gasteiger partial charge in [-0.3, -0.25) is 4.90 Å². The summed E-state index contributed by atoms with van der Waals surface area (Å²) < 4.78 is 5.77. The monoisotopic (exact) mass is 286 g/mol. The Balaban J connectivity index is 2.06. The van der Waals surface area contributed by atoms with Crippen LogP contribution in [0.25, 0.3) is 0 Å². The Morgan fingerprint density at radius 1 is 1.32 bits per heavy atom. The fourth-order valence-electron chi connectivity index (χ4n) is 3.67. The molecule has 0 aliphatic carbocycles. The molecule has 0 aromatic heterocycles. The van der Waals surface area contributed by atoms with Crippen LogP contribution in [0, 0.1) is 5.41 Å². The molecule has 0 radical (unpaired) electrons. The summed E-state index contributed by atoms with van der Waals surface area (Å²) in [7, 11) is 0. The Hall–Kier alpha value is 0.230. The molecule has 2 aliphatic rings. The normalized spacial score (nSPS) is 33.5. The zero-order valence-corrected chi connectivity index (χ0v) is 13.6. The Bertz CT molecular complexity index is 290. The van der Waals surface area contributed by atoms with E-state index in [-0.39, 0.29) is 5.54 Å². The largest absolute Gasteiger partial charge is 0.378 e. The van der Waals surface area contributed by atoms with Gasteiger partial charge in [0.1, 0.15) is 0 Å². The average Bonchev–Trinajstić information content (AvgIpc) is 2.40. The molecule has 2 N–H and O–H groups in total. The van der Waals surface area contributed by atoms with Gasteiger partial charge in [0, 0.05) is 37.5 Å². The third-order valence-corrected chi connectivity index (χ3v) is 6.43. The molecule has 0 bridgehead atoms. The van der Waals surface area contributed by atoms with Crippen molar-refractivity contribution in [3.63, 3.8) is 0 Å². The van der Waals surface area contributed by atoms with Crippen molar-refractivity contribution >= 4 is 11.8 Å². The van der Waals surface area contributed by atoms with Crippen molar-refractivity contribution < 1.29 is 4.74 Å². The number of hydrogen-bond acceptors (Lipinski definition) is 4. The van der Waals surface area contributed by atoms with Gasteiger partial charge in [-0.15, -0.1) is 0 Å². The van der Waals surface area contributed by atoms with E-state index in [0.29, 0.717) is 11.5 Å². The number of piperidine rings is 1. The highest BCUT2D eigenvalue weighted by atomic mass is 32.2. The summed E-state index contributed by atoms with van der Waals surface area (Å²) in [6.45, 7) is 10.8. The second-order valence-corrected chi connectivity index (χ2v) is 7.67. The van der Waals surface area contributed by atoms with Crippen LogP contribution in [0.1, 0.15) is 40.0 Å². The highest BCUT2D eigenvalue weighted by molar-refractivity contribution is 7.99. The Morgan fingerprint density at radius 3 is 2.53 bits per heavy atom. The highest BCUT2D eigenvalue weighted by Crippen LogP contribution is 2.46. The number of ether oxygens (including phenoxy) is 1. The molecule has 0 aromatic rings. The SMILES string of the molecule is CCOC1CCN(C2(CN)CSCCC2(C)C)CC1. The topological polar surface area (TPSA) is 38.5 Å². The summed E-state index contributed by atoms with van der Waals surface area (Å²) in [5.74, 6) is 2.47. The van der Waals surface area contributed by atoms with Crippen LogP contribution in [-0.2, 0) is 4.74 Å². The van der Waals surface area contributed by atoms with Crippen molar-refractivity contribution in [3.8, 4) is 0 Å². The van der Waals surface area contributed by atoms with E-state index in [1.54, 1.807) is 0 Å². The lowest BCUT2D eigenvalue weighted by Crippen LogP contribution is -2.67. The van der Waals surface area contributed by atoms with E-state index in [4.69, 9.17) is 10.5 Å². The van der Waals surface area contributed by atoms with Crippen LogP contribution in [0.15, 0.2) is 0 Å². The van der Waals surface area contributed by atoms with Crippen LogP contribution in [0.5, 0.6) is 0 Å². The molecule has 2 saturated heterocycles. The lowest BCUT2D eigenvalue weighted by molar-refractivity contribution is -0.0522. The number of thioether (sulfide) groups is 1. The molecular formula is C15H30N2OS. The lowest BCUT2D eigenvalue weighted by atomic mass is 9.69. The van der Waals surface area contributed by atoms with Crippen LogP contribution < -0.4 is 5.73 Å². The number of rotatable bonds is 4.